The Hall–Kier alpha value is -1.72. The number of hydrogen-bond donors (Lipinski definition) is 2. The van der Waals surface area contributed by atoms with Crippen molar-refractivity contribution in [3.8, 4) is 0 Å². The number of thiocarbonyl (C=S) groups is 1. The van der Waals surface area contributed by atoms with E-state index in [2.05, 4.69) is 4.90 Å². The van der Waals surface area contributed by atoms with Crippen LogP contribution in [-0.4, -0.2) is 34.8 Å². The number of rotatable bonds is 3. The highest BCUT2D eigenvalue weighted by molar-refractivity contribution is 7.80. The van der Waals surface area contributed by atoms with E-state index in [1.807, 2.05) is 30.3 Å². The van der Waals surface area contributed by atoms with Crippen LogP contribution in [0.4, 0.5) is 5.82 Å². The fourth-order valence-electron chi connectivity index (χ4n) is 2.86. The lowest BCUT2D eigenvalue weighted by Gasteiger charge is -2.33. The zero-order valence-corrected chi connectivity index (χ0v) is 12.6. The summed E-state index contributed by atoms with van der Waals surface area (Å²) in [6.45, 7) is 2.03. The number of para-hydroxylation sites is 1. The van der Waals surface area contributed by atoms with Gasteiger partial charge in [0.15, 0.2) is 0 Å². The Morgan fingerprint density at radius 1 is 1.33 bits per heavy atom. The van der Waals surface area contributed by atoms with Gasteiger partial charge in [0, 0.05) is 25.1 Å². The molecule has 1 aliphatic rings. The second kappa shape index (κ2) is 5.95. The van der Waals surface area contributed by atoms with Gasteiger partial charge in [-0.3, -0.25) is 0 Å². The Morgan fingerprint density at radius 2 is 2.05 bits per heavy atom. The Balaban J connectivity index is 2.00. The van der Waals surface area contributed by atoms with Gasteiger partial charge in [-0.2, -0.15) is 0 Å². The maximum absolute atomic E-state index is 9.26. The zero-order valence-electron chi connectivity index (χ0n) is 11.8. The second-order valence-electron chi connectivity index (χ2n) is 5.53. The van der Waals surface area contributed by atoms with Crippen LogP contribution < -0.4 is 10.6 Å². The van der Waals surface area contributed by atoms with Gasteiger partial charge in [-0.15, -0.1) is 0 Å². The van der Waals surface area contributed by atoms with Gasteiger partial charge in [-0.25, -0.2) is 4.98 Å². The molecule has 3 N–H and O–H groups in total. The smallest absolute Gasteiger partial charge is 0.139 e. The van der Waals surface area contributed by atoms with E-state index in [1.165, 1.54) is 0 Å². The third kappa shape index (κ3) is 2.84. The summed E-state index contributed by atoms with van der Waals surface area (Å²) in [6.07, 6.45) is 1.95. The summed E-state index contributed by atoms with van der Waals surface area (Å²) < 4.78 is 0. The molecule has 0 saturated carbocycles. The standard InChI is InChI=1S/C16H19N3OS/c17-15(21)13-9-12-3-1-2-4-14(12)18-16(13)19-7-5-11(10-20)6-8-19/h1-4,9,11,20H,5-8,10H2,(H2,17,21). The molecule has 3 rings (SSSR count). The van der Waals surface area contributed by atoms with Crippen molar-refractivity contribution in [2.45, 2.75) is 12.8 Å². The molecule has 1 aliphatic heterocycles. The molecule has 1 aromatic carbocycles. The average molecular weight is 301 g/mol. The maximum Gasteiger partial charge on any atom is 0.139 e. The molecule has 2 heterocycles. The molecule has 21 heavy (non-hydrogen) atoms. The molecule has 2 aromatic rings. The van der Waals surface area contributed by atoms with E-state index in [1.54, 1.807) is 0 Å². The number of hydrogen-bond acceptors (Lipinski definition) is 4. The average Bonchev–Trinajstić information content (AvgIpc) is 2.53. The predicted molar refractivity (Wildman–Crippen MR) is 89.7 cm³/mol. The second-order valence-corrected chi connectivity index (χ2v) is 5.97. The fourth-order valence-corrected chi connectivity index (χ4v) is 3.01. The van der Waals surface area contributed by atoms with Crippen molar-refractivity contribution in [2.24, 2.45) is 11.7 Å². The minimum Gasteiger partial charge on any atom is -0.396 e. The SMILES string of the molecule is NC(=S)c1cc2ccccc2nc1N1CCC(CO)CC1. The summed E-state index contributed by atoms with van der Waals surface area (Å²) in [5.41, 5.74) is 7.68. The van der Waals surface area contributed by atoms with Crippen LogP contribution in [0.25, 0.3) is 10.9 Å². The molecule has 110 valence electrons. The first-order valence-corrected chi connectivity index (χ1v) is 7.65. The highest BCUT2D eigenvalue weighted by Gasteiger charge is 2.22. The third-order valence-corrected chi connectivity index (χ3v) is 4.36. The van der Waals surface area contributed by atoms with Gasteiger partial charge in [0.2, 0.25) is 0 Å². The molecule has 5 heteroatoms. The van der Waals surface area contributed by atoms with Crippen molar-refractivity contribution in [1.82, 2.24) is 4.98 Å². The lowest BCUT2D eigenvalue weighted by Crippen LogP contribution is -2.36. The minimum absolute atomic E-state index is 0.265. The minimum atomic E-state index is 0.265. The largest absolute Gasteiger partial charge is 0.396 e. The van der Waals surface area contributed by atoms with Gasteiger partial charge in [0.1, 0.15) is 10.8 Å². The number of aliphatic hydroxyl groups excluding tert-OH is 1. The number of nitrogens with two attached hydrogens (primary N) is 1. The number of benzene rings is 1. The van der Waals surface area contributed by atoms with E-state index in [0.717, 1.165) is 48.2 Å². The topological polar surface area (TPSA) is 62.4 Å². The summed E-state index contributed by atoms with van der Waals surface area (Å²) in [5.74, 6) is 1.27. The number of aliphatic hydroxyl groups is 1. The third-order valence-electron chi connectivity index (χ3n) is 4.14. The van der Waals surface area contributed by atoms with E-state index < -0.39 is 0 Å². The summed E-state index contributed by atoms with van der Waals surface area (Å²) >= 11 is 5.20. The molecular formula is C16H19N3OS. The van der Waals surface area contributed by atoms with E-state index in [4.69, 9.17) is 22.9 Å². The molecular weight excluding hydrogens is 282 g/mol. The molecule has 1 fully saturated rings. The van der Waals surface area contributed by atoms with Crippen molar-refractivity contribution in [1.29, 1.82) is 0 Å². The molecule has 1 saturated heterocycles. The fraction of sp³-hybridized carbons (Fsp3) is 0.375. The summed E-state index contributed by atoms with van der Waals surface area (Å²) in [4.78, 5) is 7.38. The lowest BCUT2D eigenvalue weighted by molar-refractivity contribution is 0.203. The van der Waals surface area contributed by atoms with Crippen molar-refractivity contribution in [2.75, 3.05) is 24.6 Å². The normalized spacial score (nSPS) is 16.3. The first-order chi connectivity index (χ1) is 10.2. The number of piperidine rings is 1. The molecule has 0 spiro atoms. The molecule has 4 nitrogen and oxygen atoms in total. The molecule has 0 radical (unpaired) electrons. The summed E-state index contributed by atoms with van der Waals surface area (Å²) in [7, 11) is 0. The number of pyridine rings is 1. The van der Waals surface area contributed by atoms with Crippen LogP contribution in [0.15, 0.2) is 30.3 Å². The zero-order chi connectivity index (χ0) is 14.8. The first kappa shape index (κ1) is 14.2. The van der Waals surface area contributed by atoms with Gasteiger partial charge >= 0.3 is 0 Å². The van der Waals surface area contributed by atoms with Crippen LogP contribution >= 0.6 is 12.2 Å². The Labute approximate surface area is 129 Å². The van der Waals surface area contributed by atoms with Gasteiger partial charge in [0.25, 0.3) is 0 Å². The van der Waals surface area contributed by atoms with Gasteiger partial charge in [0.05, 0.1) is 11.1 Å². The van der Waals surface area contributed by atoms with E-state index >= 15 is 0 Å². The highest BCUT2D eigenvalue weighted by Crippen LogP contribution is 2.27. The Bertz CT molecular complexity index is 666. The number of fused-ring (bicyclic) bond motifs is 1. The van der Waals surface area contributed by atoms with E-state index in [0.29, 0.717) is 10.9 Å². The van der Waals surface area contributed by atoms with E-state index in [-0.39, 0.29) is 6.61 Å². The van der Waals surface area contributed by atoms with Crippen LogP contribution in [0.1, 0.15) is 18.4 Å². The van der Waals surface area contributed by atoms with Crippen LogP contribution in [0.5, 0.6) is 0 Å². The van der Waals surface area contributed by atoms with Crippen LogP contribution in [0.2, 0.25) is 0 Å². The monoisotopic (exact) mass is 301 g/mol. The summed E-state index contributed by atoms with van der Waals surface area (Å²) in [5, 5.41) is 10.3. The van der Waals surface area contributed by atoms with Gasteiger partial charge < -0.3 is 15.7 Å². The lowest BCUT2D eigenvalue weighted by atomic mass is 9.97. The number of anilines is 1. The Kier molecular flexibility index (Phi) is 4.03. The number of nitrogens with zero attached hydrogens (tertiary/aromatic N) is 2. The quantitative estimate of drug-likeness (QED) is 0.850. The van der Waals surface area contributed by atoms with Crippen molar-refractivity contribution in [3.05, 3.63) is 35.9 Å². The maximum atomic E-state index is 9.26. The molecule has 0 aliphatic carbocycles. The number of aromatic nitrogens is 1. The van der Waals surface area contributed by atoms with Crippen molar-refractivity contribution in [3.63, 3.8) is 0 Å². The molecule has 0 bridgehead atoms. The van der Waals surface area contributed by atoms with Gasteiger partial charge in [-0.05, 0) is 30.9 Å². The summed E-state index contributed by atoms with van der Waals surface area (Å²) in [6, 6.07) is 10.0. The first-order valence-electron chi connectivity index (χ1n) is 7.24. The molecule has 0 atom stereocenters. The van der Waals surface area contributed by atoms with Crippen LogP contribution in [0, 0.1) is 5.92 Å². The van der Waals surface area contributed by atoms with Gasteiger partial charge in [-0.1, -0.05) is 30.4 Å². The van der Waals surface area contributed by atoms with Crippen molar-refractivity contribution >= 4 is 33.9 Å². The van der Waals surface area contributed by atoms with Crippen molar-refractivity contribution < 1.29 is 5.11 Å². The predicted octanol–water partition coefficient (Wildman–Crippen LogP) is 2.08. The van der Waals surface area contributed by atoms with Crippen LogP contribution in [-0.2, 0) is 0 Å². The van der Waals surface area contributed by atoms with E-state index in [9.17, 15) is 5.11 Å². The Morgan fingerprint density at radius 3 is 2.71 bits per heavy atom. The molecule has 0 amide bonds. The van der Waals surface area contributed by atoms with Crippen LogP contribution in [0.3, 0.4) is 0 Å². The molecule has 0 unspecified atom stereocenters. The highest BCUT2D eigenvalue weighted by atomic mass is 32.1. The molecule has 1 aromatic heterocycles.